The molecule has 0 saturated heterocycles. The van der Waals surface area contributed by atoms with Crippen molar-refractivity contribution in [3.05, 3.63) is 59.0 Å². The van der Waals surface area contributed by atoms with Crippen molar-refractivity contribution in [1.82, 2.24) is 9.97 Å². The van der Waals surface area contributed by atoms with Gasteiger partial charge in [-0.1, -0.05) is 23.7 Å². The fourth-order valence-electron chi connectivity index (χ4n) is 2.38. The van der Waals surface area contributed by atoms with Gasteiger partial charge in [-0.05, 0) is 36.2 Å². The Balaban J connectivity index is 2.27. The van der Waals surface area contributed by atoms with E-state index in [0.29, 0.717) is 16.1 Å². The Morgan fingerprint density at radius 3 is 2.81 bits per heavy atom. The zero-order valence-corrected chi connectivity index (χ0v) is 11.9. The lowest BCUT2D eigenvalue weighted by atomic mass is 9.98. The molecule has 1 aromatic carbocycles. The van der Waals surface area contributed by atoms with E-state index in [1.807, 2.05) is 30.3 Å². The number of aromatic nitrogens is 2. The second kappa shape index (κ2) is 5.14. The third-order valence-corrected chi connectivity index (χ3v) is 3.66. The number of carboxylic acids is 1. The SMILES string of the molecule is Cc1c(C(=O)O)ncc(Cl)c1-c1ccc2ncccc2c1. The maximum absolute atomic E-state index is 11.2. The highest BCUT2D eigenvalue weighted by atomic mass is 35.5. The first-order valence-corrected chi connectivity index (χ1v) is 6.69. The van der Waals surface area contributed by atoms with E-state index in [-0.39, 0.29) is 5.69 Å². The van der Waals surface area contributed by atoms with Crippen molar-refractivity contribution in [3.8, 4) is 11.1 Å². The molecule has 0 radical (unpaired) electrons. The van der Waals surface area contributed by atoms with Crippen LogP contribution in [-0.4, -0.2) is 21.0 Å². The molecule has 0 atom stereocenters. The highest BCUT2D eigenvalue weighted by Crippen LogP contribution is 2.33. The molecule has 3 aromatic rings. The Morgan fingerprint density at radius 2 is 2.05 bits per heavy atom. The molecular weight excluding hydrogens is 288 g/mol. The number of rotatable bonds is 2. The zero-order valence-electron chi connectivity index (χ0n) is 11.2. The summed E-state index contributed by atoms with van der Waals surface area (Å²) in [5.74, 6) is -1.06. The quantitative estimate of drug-likeness (QED) is 0.778. The maximum Gasteiger partial charge on any atom is 0.354 e. The lowest BCUT2D eigenvalue weighted by molar-refractivity contribution is 0.0689. The number of nitrogens with zero attached hydrogens (tertiary/aromatic N) is 2. The van der Waals surface area contributed by atoms with Gasteiger partial charge in [-0.2, -0.15) is 0 Å². The van der Waals surface area contributed by atoms with E-state index < -0.39 is 5.97 Å². The molecule has 4 nitrogen and oxygen atoms in total. The monoisotopic (exact) mass is 298 g/mol. The van der Waals surface area contributed by atoms with Crippen LogP contribution in [0.3, 0.4) is 0 Å². The summed E-state index contributed by atoms with van der Waals surface area (Å²) in [6.07, 6.45) is 3.11. The largest absolute Gasteiger partial charge is 0.477 e. The van der Waals surface area contributed by atoms with Gasteiger partial charge >= 0.3 is 5.97 Å². The summed E-state index contributed by atoms with van der Waals surface area (Å²) in [4.78, 5) is 19.4. The second-order valence-electron chi connectivity index (χ2n) is 4.67. The molecule has 3 rings (SSSR count). The smallest absolute Gasteiger partial charge is 0.354 e. The summed E-state index contributed by atoms with van der Waals surface area (Å²) < 4.78 is 0. The predicted octanol–water partition coefficient (Wildman–Crippen LogP) is 3.96. The minimum Gasteiger partial charge on any atom is -0.477 e. The summed E-state index contributed by atoms with van der Waals surface area (Å²) in [6.45, 7) is 1.71. The van der Waals surface area contributed by atoms with Crippen LogP contribution in [0.2, 0.25) is 5.02 Å². The Hall–Kier alpha value is -2.46. The van der Waals surface area contributed by atoms with Gasteiger partial charge in [0.05, 0.1) is 10.5 Å². The first-order valence-electron chi connectivity index (χ1n) is 6.31. The first kappa shape index (κ1) is 13.5. The van der Waals surface area contributed by atoms with Gasteiger partial charge in [-0.3, -0.25) is 4.98 Å². The van der Waals surface area contributed by atoms with Gasteiger partial charge in [-0.25, -0.2) is 9.78 Å². The second-order valence-corrected chi connectivity index (χ2v) is 5.08. The minimum absolute atomic E-state index is 0.0145. The molecule has 0 fully saturated rings. The molecule has 0 aliphatic carbocycles. The molecule has 0 aliphatic rings. The Bertz CT molecular complexity index is 862. The minimum atomic E-state index is -1.06. The van der Waals surface area contributed by atoms with Crippen LogP contribution >= 0.6 is 11.6 Å². The van der Waals surface area contributed by atoms with E-state index in [0.717, 1.165) is 16.5 Å². The van der Waals surface area contributed by atoms with Gasteiger partial charge in [0.2, 0.25) is 0 Å². The molecule has 0 unspecified atom stereocenters. The molecule has 0 spiro atoms. The number of benzene rings is 1. The van der Waals surface area contributed by atoms with Gasteiger partial charge in [-0.15, -0.1) is 0 Å². The first-order chi connectivity index (χ1) is 10.1. The molecule has 21 heavy (non-hydrogen) atoms. The van der Waals surface area contributed by atoms with Gasteiger partial charge in [0.1, 0.15) is 0 Å². The number of pyridine rings is 2. The van der Waals surface area contributed by atoms with Crippen LogP contribution in [0, 0.1) is 6.92 Å². The van der Waals surface area contributed by atoms with E-state index in [9.17, 15) is 9.90 Å². The number of carbonyl (C=O) groups is 1. The third-order valence-electron chi connectivity index (χ3n) is 3.37. The van der Waals surface area contributed by atoms with E-state index in [1.165, 1.54) is 6.20 Å². The zero-order chi connectivity index (χ0) is 15.0. The van der Waals surface area contributed by atoms with Crippen LogP contribution < -0.4 is 0 Å². The molecule has 2 aromatic heterocycles. The van der Waals surface area contributed by atoms with Crippen molar-refractivity contribution in [2.24, 2.45) is 0 Å². The van der Waals surface area contributed by atoms with E-state index in [1.54, 1.807) is 13.1 Å². The Morgan fingerprint density at radius 1 is 1.24 bits per heavy atom. The Kier molecular flexibility index (Phi) is 3.31. The predicted molar refractivity (Wildman–Crippen MR) is 81.7 cm³/mol. The Labute approximate surface area is 126 Å². The highest BCUT2D eigenvalue weighted by Gasteiger charge is 2.16. The number of carboxylic acid groups (broad SMARTS) is 1. The fraction of sp³-hybridized carbons (Fsp3) is 0.0625. The molecule has 0 bridgehead atoms. The normalized spacial score (nSPS) is 10.8. The molecule has 0 saturated carbocycles. The lowest BCUT2D eigenvalue weighted by Gasteiger charge is -2.11. The van der Waals surface area contributed by atoms with Crippen LogP contribution in [0.1, 0.15) is 16.1 Å². The number of halogens is 1. The molecule has 5 heteroatoms. The van der Waals surface area contributed by atoms with E-state index >= 15 is 0 Å². The third kappa shape index (κ3) is 2.34. The van der Waals surface area contributed by atoms with Gasteiger partial charge < -0.3 is 5.11 Å². The van der Waals surface area contributed by atoms with Crippen molar-refractivity contribution in [3.63, 3.8) is 0 Å². The molecular formula is C16H11ClN2O2. The van der Waals surface area contributed by atoms with Crippen LogP contribution in [0.4, 0.5) is 0 Å². The van der Waals surface area contributed by atoms with Gasteiger partial charge in [0.25, 0.3) is 0 Å². The number of hydrogen-bond donors (Lipinski definition) is 1. The summed E-state index contributed by atoms with van der Waals surface area (Å²) in [7, 11) is 0. The van der Waals surface area contributed by atoms with Crippen molar-refractivity contribution in [2.75, 3.05) is 0 Å². The number of fused-ring (bicyclic) bond motifs is 1. The van der Waals surface area contributed by atoms with Crippen molar-refractivity contribution >= 4 is 28.5 Å². The van der Waals surface area contributed by atoms with Crippen LogP contribution in [-0.2, 0) is 0 Å². The maximum atomic E-state index is 11.2. The summed E-state index contributed by atoms with van der Waals surface area (Å²) in [5, 5.41) is 10.6. The summed E-state index contributed by atoms with van der Waals surface area (Å²) in [6, 6.07) is 9.53. The lowest BCUT2D eigenvalue weighted by Crippen LogP contribution is -2.05. The van der Waals surface area contributed by atoms with Crippen molar-refractivity contribution < 1.29 is 9.90 Å². The molecule has 0 amide bonds. The standard InChI is InChI=1S/C16H11ClN2O2/c1-9-14(12(17)8-19-15(9)16(20)21)11-4-5-13-10(7-11)3-2-6-18-13/h2-8H,1H3,(H,20,21). The van der Waals surface area contributed by atoms with E-state index in [4.69, 9.17) is 11.6 Å². The average Bonchev–Trinajstić information content (AvgIpc) is 2.47. The number of hydrogen-bond acceptors (Lipinski definition) is 3. The van der Waals surface area contributed by atoms with Crippen molar-refractivity contribution in [2.45, 2.75) is 6.92 Å². The summed E-state index contributed by atoms with van der Waals surface area (Å²) in [5.41, 5.74) is 2.99. The number of aromatic carboxylic acids is 1. The van der Waals surface area contributed by atoms with Crippen LogP contribution in [0.15, 0.2) is 42.7 Å². The average molecular weight is 299 g/mol. The van der Waals surface area contributed by atoms with Gasteiger partial charge in [0.15, 0.2) is 5.69 Å². The van der Waals surface area contributed by atoms with Crippen molar-refractivity contribution in [1.29, 1.82) is 0 Å². The molecule has 0 aliphatic heterocycles. The summed E-state index contributed by atoms with van der Waals surface area (Å²) >= 11 is 6.22. The van der Waals surface area contributed by atoms with E-state index in [2.05, 4.69) is 9.97 Å². The fourth-order valence-corrected chi connectivity index (χ4v) is 2.68. The molecule has 2 heterocycles. The topological polar surface area (TPSA) is 63.1 Å². The van der Waals surface area contributed by atoms with Gasteiger partial charge in [0, 0.05) is 23.3 Å². The molecule has 104 valence electrons. The highest BCUT2D eigenvalue weighted by molar-refractivity contribution is 6.33. The molecule has 1 N–H and O–H groups in total. The van der Waals surface area contributed by atoms with Crippen LogP contribution in [0.5, 0.6) is 0 Å². The van der Waals surface area contributed by atoms with Crippen LogP contribution in [0.25, 0.3) is 22.0 Å².